The summed E-state index contributed by atoms with van der Waals surface area (Å²) in [4.78, 5) is 10.2. The van der Waals surface area contributed by atoms with E-state index in [2.05, 4.69) is 4.74 Å². The second kappa shape index (κ2) is 4.06. The third-order valence-electron chi connectivity index (χ3n) is 0.818. The molecule has 0 bridgehead atoms. The first-order chi connectivity index (χ1) is 4.20. The Morgan fingerprint density at radius 1 is 1.78 bits per heavy atom. The van der Waals surface area contributed by atoms with Crippen molar-refractivity contribution in [1.29, 1.82) is 0 Å². The second-order valence-electron chi connectivity index (χ2n) is 1.56. The van der Waals surface area contributed by atoms with Crippen molar-refractivity contribution in [3.05, 3.63) is 11.8 Å². The van der Waals surface area contributed by atoms with Gasteiger partial charge in [0.25, 0.3) is 0 Å². The minimum absolute atomic E-state index is 0.428. The van der Waals surface area contributed by atoms with Crippen LogP contribution in [0.5, 0.6) is 0 Å². The summed E-state index contributed by atoms with van der Waals surface area (Å²) in [5.41, 5.74) is 0. The molecule has 0 aromatic heterocycles. The zero-order valence-electron chi connectivity index (χ0n) is 5.48. The van der Waals surface area contributed by atoms with Gasteiger partial charge in [-0.25, -0.2) is 4.39 Å². The molecule has 3 heteroatoms. The number of rotatable bonds is 3. The van der Waals surface area contributed by atoms with Crippen molar-refractivity contribution in [2.75, 3.05) is 13.8 Å². The molecule has 0 fully saturated rings. The van der Waals surface area contributed by atoms with E-state index < -0.39 is 12.5 Å². The molecule has 0 aromatic rings. The highest BCUT2D eigenvalue weighted by atomic mass is 19.1. The average molecular weight is 132 g/mol. The first-order valence-electron chi connectivity index (χ1n) is 2.51. The van der Waals surface area contributed by atoms with Crippen LogP contribution in [0.4, 0.5) is 4.39 Å². The van der Waals surface area contributed by atoms with Crippen molar-refractivity contribution in [3.63, 3.8) is 0 Å². The van der Waals surface area contributed by atoms with Gasteiger partial charge in [-0.15, -0.1) is 0 Å². The topological polar surface area (TPSA) is 26.3 Å². The van der Waals surface area contributed by atoms with E-state index in [9.17, 15) is 9.18 Å². The smallest absolute Gasteiger partial charge is 0.189 e. The predicted molar refractivity (Wildman–Crippen MR) is 31.7 cm³/mol. The van der Waals surface area contributed by atoms with E-state index in [-0.39, 0.29) is 0 Å². The molecule has 52 valence electrons. The summed E-state index contributed by atoms with van der Waals surface area (Å²) >= 11 is 0. The van der Waals surface area contributed by atoms with Crippen LogP contribution in [-0.4, -0.2) is 19.6 Å². The van der Waals surface area contributed by atoms with Crippen LogP contribution in [0.3, 0.4) is 0 Å². The summed E-state index contributed by atoms with van der Waals surface area (Å²) in [5.74, 6) is -0.132. The molecule has 9 heavy (non-hydrogen) atoms. The third kappa shape index (κ3) is 3.70. The Bertz CT molecular complexity index is 129. The summed E-state index contributed by atoms with van der Waals surface area (Å²) in [7, 11) is 1.43. The maximum atomic E-state index is 11.4. The van der Waals surface area contributed by atoms with Gasteiger partial charge in [-0.2, -0.15) is 0 Å². The predicted octanol–water partition coefficient (Wildman–Crippen LogP) is 1.08. The molecule has 0 saturated carbocycles. The summed E-state index contributed by atoms with van der Waals surface area (Å²) in [6.07, 6.45) is 1.12. The summed E-state index contributed by atoms with van der Waals surface area (Å²) in [5, 5.41) is 0. The quantitative estimate of drug-likeness (QED) is 0.424. The highest BCUT2D eigenvalue weighted by molar-refractivity contribution is 5.90. The number of hydrogen-bond acceptors (Lipinski definition) is 2. The van der Waals surface area contributed by atoms with Crippen LogP contribution < -0.4 is 0 Å². The van der Waals surface area contributed by atoms with Gasteiger partial charge >= 0.3 is 0 Å². The van der Waals surface area contributed by atoms with E-state index in [1.54, 1.807) is 6.92 Å². The molecule has 0 atom stereocenters. The monoisotopic (exact) mass is 132 g/mol. The van der Waals surface area contributed by atoms with Gasteiger partial charge in [0.2, 0.25) is 0 Å². The van der Waals surface area contributed by atoms with Gasteiger partial charge in [-0.3, -0.25) is 4.79 Å². The molecule has 0 radical (unpaired) electrons. The molecule has 0 spiro atoms. The van der Waals surface area contributed by atoms with Crippen LogP contribution in [0.25, 0.3) is 0 Å². The Kier molecular flexibility index (Phi) is 3.67. The van der Waals surface area contributed by atoms with Gasteiger partial charge < -0.3 is 4.74 Å². The lowest BCUT2D eigenvalue weighted by atomic mass is 10.4. The van der Waals surface area contributed by atoms with E-state index in [1.807, 2.05) is 0 Å². The highest BCUT2D eigenvalue weighted by Gasteiger charge is 1.94. The minimum atomic E-state index is -0.958. The number of halogens is 1. The molecule has 0 N–H and O–H groups in total. The lowest BCUT2D eigenvalue weighted by Crippen LogP contribution is -1.95. The number of alkyl halides is 1. The lowest BCUT2D eigenvalue weighted by molar-refractivity contribution is -0.115. The molecule has 0 heterocycles. The first kappa shape index (κ1) is 8.14. The van der Waals surface area contributed by atoms with Crippen LogP contribution in [0.15, 0.2) is 11.8 Å². The Morgan fingerprint density at radius 2 is 2.33 bits per heavy atom. The minimum Gasteiger partial charge on any atom is -0.501 e. The number of ketones is 1. The molecule has 0 amide bonds. The van der Waals surface area contributed by atoms with Crippen molar-refractivity contribution in [3.8, 4) is 0 Å². The molecule has 0 aliphatic carbocycles. The number of methoxy groups -OCH3 is 1. The molecule has 0 rings (SSSR count). The first-order valence-corrected chi connectivity index (χ1v) is 2.51. The van der Waals surface area contributed by atoms with Crippen molar-refractivity contribution in [1.82, 2.24) is 0 Å². The number of carbonyl (C=O) groups is 1. The van der Waals surface area contributed by atoms with Crippen molar-refractivity contribution >= 4 is 5.78 Å². The van der Waals surface area contributed by atoms with E-state index >= 15 is 0 Å². The van der Waals surface area contributed by atoms with Gasteiger partial charge in [0.05, 0.1) is 12.9 Å². The van der Waals surface area contributed by atoms with E-state index in [0.29, 0.717) is 5.76 Å². The van der Waals surface area contributed by atoms with Gasteiger partial charge in [-0.05, 0) is 6.92 Å². The van der Waals surface area contributed by atoms with Crippen LogP contribution in [-0.2, 0) is 9.53 Å². The second-order valence-corrected chi connectivity index (χ2v) is 1.56. The van der Waals surface area contributed by atoms with E-state index in [4.69, 9.17) is 0 Å². The summed E-state index contributed by atoms with van der Waals surface area (Å²) in [6.45, 7) is 0.633. The largest absolute Gasteiger partial charge is 0.501 e. The number of carbonyl (C=O) groups excluding carboxylic acids is 1. The fourth-order valence-corrected chi connectivity index (χ4v) is 0.324. The van der Waals surface area contributed by atoms with Crippen molar-refractivity contribution in [2.45, 2.75) is 6.92 Å². The standard InChI is InChI=1S/C6H9FO2/c1-5(9-2)3-6(8)4-7/h3H,4H2,1-2H3/b5-3-. The fourth-order valence-electron chi connectivity index (χ4n) is 0.324. The third-order valence-corrected chi connectivity index (χ3v) is 0.818. The molecule has 0 aromatic carbocycles. The average Bonchev–Trinajstić information content (AvgIpc) is 1.87. The van der Waals surface area contributed by atoms with Crippen molar-refractivity contribution < 1.29 is 13.9 Å². The molecular weight excluding hydrogens is 123 g/mol. The fraction of sp³-hybridized carbons (Fsp3) is 0.500. The maximum Gasteiger partial charge on any atom is 0.189 e. The van der Waals surface area contributed by atoms with Gasteiger partial charge in [0.1, 0.15) is 0 Å². The van der Waals surface area contributed by atoms with Crippen LogP contribution in [0.2, 0.25) is 0 Å². The van der Waals surface area contributed by atoms with Crippen LogP contribution in [0, 0.1) is 0 Å². The Balaban J connectivity index is 3.79. The maximum absolute atomic E-state index is 11.4. The van der Waals surface area contributed by atoms with E-state index in [1.165, 1.54) is 7.11 Å². The zero-order valence-corrected chi connectivity index (χ0v) is 5.48. The highest BCUT2D eigenvalue weighted by Crippen LogP contribution is 1.91. The molecular formula is C6H9FO2. The SMILES string of the molecule is CO/C(C)=C\C(=O)CF. The van der Waals surface area contributed by atoms with Gasteiger partial charge in [0.15, 0.2) is 12.5 Å². The molecule has 0 saturated heterocycles. The van der Waals surface area contributed by atoms with E-state index in [0.717, 1.165) is 6.08 Å². The lowest BCUT2D eigenvalue weighted by Gasteiger charge is -1.94. The molecule has 2 nitrogen and oxygen atoms in total. The van der Waals surface area contributed by atoms with Crippen LogP contribution in [0.1, 0.15) is 6.92 Å². The normalized spacial score (nSPS) is 11.2. The Hall–Kier alpha value is -0.860. The number of allylic oxidation sites excluding steroid dienone is 2. The van der Waals surface area contributed by atoms with Gasteiger partial charge in [-0.1, -0.05) is 0 Å². The number of hydrogen-bond donors (Lipinski definition) is 0. The Morgan fingerprint density at radius 3 is 2.67 bits per heavy atom. The van der Waals surface area contributed by atoms with Crippen molar-refractivity contribution in [2.24, 2.45) is 0 Å². The summed E-state index contributed by atoms with van der Waals surface area (Å²) < 4.78 is 16.0. The Labute approximate surface area is 53.3 Å². The molecule has 0 aliphatic heterocycles. The number of ether oxygens (including phenoxy) is 1. The van der Waals surface area contributed by atoms with Gasteiger partial charge in [0, 0.05) is 6.08 Å². The molecule has 0 aliphatic rings. The van der Waals surface area contributed by atoms with Crippen LogP contribution >= 0.6 is 0 Å². The zero-order chi connectivity index (χ0) is 7.28. The summed E-state index contributed by atoms with van der Waals surface area (Å²) in [6, 6.07) is 0. The molecule has 0 unspecified atom stereocenters.